The summed E-state index contributed by atoms with van der Waals surface area (Å²) in [5.41, 5.74) is 0. The van der Waals surface area contributed by atoms with Gasteiger partial charge in [0.25, 0.3) is 0 Å². The van der Waals surface area contributed by atoms with Crippen molar-refractivity contribution in [3.05, 3.63) is 0 Å². The van der Waals surface area contributed by atoms with Gasteiger partial charge >= 0.3 is 80.9 Å². The van der Waals surface area contributed by atoms with Crippen LogP contribution in [-0.2, 0) is 0 Å². The maximum Gasteiger partial charge on any atom is 1.00 e. The molecule has 0 aliphatic rings. The van der Waals surface area contributed by atoms with Crippen molar-refractivity contribution in [3.63, 3.8) is 0 Å². The SMILES string of the molecule is [Cl-].[F-].[K+].[Na+]. The maximum absolute atomic E-state index is 0. The molecule has 16 valence electrons. The van der Waals surface area contributed by atoms with Gasteiger partial charge in [0, 0.05) is 0 Å². The first kappa shape index (κ1) is 28.8. The molecular formula is ClFKNa. The third kappa shape index (κ3) is 8.85. The molecule has 0 amide bonds. The van der Waals surface area contributed by atoms with Crippen molar-refractivity contribution in [1.29, 1.82) is 0 Å². The van der Waals surface area contributed by atoms with Gasteiger partial charge in [0.15, 0.2) is 0 Å². The zero-order valence-corrected chi connectivity index (χ0v) is 8.63. The second-order valence-electron chi connectivity index (χ2n) is 0. The Labute approximate surface area is 95.6 Å². The minimum Gasteiger partial charge on any atom is -1.00 e. The van der Waals surface area contributed by atoms with E-state index in [4.69, 9.17) is 0 Å². The van der Waals surface area contributed by atoms with Crippen molar-refractivity contribution in [1.82, 2.24) is 0 Å². The second-order valence-corrected chi connectivity index (χ2v) is 0. The summed E-state index contributed by atoms with van der Waals surface area (Å²) < 4.78 is 0. The summed E-state index contributed by atoms with van der Waals surface area (Å²) >= 11 is 0. The van der Waals surface area contributed by atoms with Crippen LogP contribution in [0.1, 0.15) is 0 Å². The van der Waals surface area contributed by atoms with Crippen LogP contribution in [0.15, 0.2) is 0 Å². The van der Waals surface area contributed by atoms with Crippen LogP contribution in [0.5, 0.6) is 0 Å². The Morgan fingerprint density at radius 3 is 1.00 bits per heavy atom. The van der Waals surface area contributed by atoms with Gasteiger partial charge in [-0.2, -0.15) is 0 Å². The molecule has 0 N–H and O–H groups in total. The van der Waals surface area contributed by atoms with E-state index in [-0.39, 0.29) is 98.1 Å². The van der Waals surface area contributed by atoms with Crippen LogP contribution in [0, 0.1) is 0 Å². The molecule has 0 aromatic carbocycles. The molecule has 0 fully saturated rings. The summed E-state index contributed by atoms with van der Waals surface area (Å²) in [6.07, 6.45) is 0. The largest absolute Gasteiger partial charge is 1.00 e. The molecule has 0 aliphatic carbocycles. The molecule has 0 bridgehead atoms. The maximum atomic E-state index is 0. The van der Waals surface area contributed by atoms with E-state index < -0.39 is 0 Å². The van der Waals surface area contributed by atoms with E-state index in [1.807, 2.05) is 0 Å². The van der Waals surface area contributed by atoms with E-state index in [1.165, 1.54) is 0 Å². The second kappa shape index (κ2) is 16.9. The number of rotatable bonds is 0. The smallest absolute Gasteiger partial charge is 1.00 e. The van der Waals surface area contributed by atoms with E-state index in [9.17, 15) is 0 Å². The Morgan fingerprint density at radius 1 is 1.00 bits per heavy atom. The van der Waals surface area contributed by atoms with E-state index in [2.05, 4.69) is 0 Å². The van der Waals surface area contributed by atoms with Gasteiger partial charge in [0.2, 0.25) is 0 Å². The minimum atomic E-state index is 0. The summed E-state index contributed by atoms with van der Waals surface area (Å²) in [6.45, 7) is 0. The molecule has 0 unspecified atom stereocenters. The van der Waals surface area contributed by atoms with Crippen LogP contribution in [-0.4, -0.2) is 0 Å². The van der Waals surface area contributed by atoms with E-state index in [0.717, 1.165) is 0 Å². The van der Waals surface area contributed by atoms with Gasteiger partial charge in [0.05, 0.1) is 0 Å². The zero-order valence-electron chi connectivity index (χ0n) is 2.76. The summed E-state index contributed by atoms with van der Waals surface area (Å²) in [6, 6.07) is 0. The summed E-state index contributed by atoms with van der Waals surface area (Å²) in [4.78, 5) is 0. The molecule has 0 aromatic rings. The molecule has 0 atom stereocenters. The fourth-order valence-electron chi connectivity index (χ4n) is 0. The van der Waals surface area contributed by atoms with Gasteiger partial charge in [-0.3, -0.25) is 0 Å². The van der Waals surface area contributed by atoms with Crippen molar-refractivity contribution in [3.8, 4) is 0 Å². The molecule has 4 heteroatoms. The topological polar surface area (TPSA) is 0 Å². The quantitative estimate of drug-likeness (QED) is 0.276. The Morgan fingerprint density at radius 2 is 1.00 bits per heavy atom. The predicted molar refractivity (Wildman–Crippen MR) is 0 cm³/mol. The zero-order chi connectivity index (χ0) is 0. The number of hydrogen-bond donors (Lipinski definition) is 0. The van der Waals surface area contributed by atoms with Gasteiger partial charge < -0.3 is 17.1 Å². The Hall–Kier alpha value is 2.86. The fraction of sp³-hybridized carbons (Fsp3) is 0. The monoisotopic (exact) mass is 116 g/mol. The van der Waals surface area contributed by atoms with Crippen LogP contribution in [0.4, 0.5) is 0 Å². The molecule has 0 saturated heterocycles. The summed E-state index contributed by atoms with van der Waals surface area (Å²) in [7, 11) is 0. The molecule has 0 saturated carbocycles. The summed E-state index contributed by atoms with van der Waals surface area (Å²) in [5, 5.41) is 0. The van der Waals surface area contributed by atoms with Crippen LogP contribution in [0.25, 0.3) is 0 Å². The minimum absolute atomic E-state index is 0. The summed E-state index contributed by atoms with van der Waals surface area (Å²) in [5.74, 6) is 0. The normalized spacial score (nSPS) is 0. The average Bonchev–Trinajstić information content (AvgIpc) is 0. The molecule has 0 nitrogen and oxygen atoms in total. The Kier molecular flexibility index (Phi) is 122. The van der Waals surface area contributed by atoms with Crippen molar-refractivity contribution in [2.45, 2.75) is 0 Å². The van der Waals surface area contributed by atoms with Gasteiger partial charge in [-0.1, -0.05) is 0 Å². The molecule has 0 rings (SSSR count). The number of hydrogen-bond acceptors (Lipinski definition) is 0. The van der Waals surface area contributed by atoms with Crippen molar-refractivity contribution < 1.29 is 98.1 Å². The van der Waals surface area contributed by atoms with Gasteiger partial charge in [0.1, 0.15) is 0 Å². The molecule has 0 heterocycles. The Balaban J connectivity index is 0. The third-order valence-electron chi connectivity index (χ3n) is 0. The molecule has 4 heavy (non-hydrogen) atoms. The first-order valence-corrected chi connectivity index (χ1v) is 0. The molecular weight excluding hydrogens is 117 g/mol. The van der Waals surface area contributed by atoms with Gasteiger partial charge in [-0.15, -0.1) is 0 Å². The standard InChI is InChI=1S/ClH.FH.K.Na/h2*1H;;/q;;2*+1/p-2. The van der Waals surface area contributed by atoms with Gasteiger partial charge in [-0.05, 0) is 0 Å². The van der Waals surface area contributed by atoms with Crippen molar-refractivity contribution >= 4 is 0 Å². The van der Waals surface area contributed by atoms with Crippen LogP contribution < -0.4 is 98.1 Å². The Bertz CT molecular complexity index is 8.00. The van der Waals surface area contributed by atoms with Gasteiger partial charge in [-0.25, -0.2) is 0 Å². The van der Waals surface area contributed by atoms with Crippen molar-refractivity contribution in [2.75, 3.05) is 0 Å². The first-order valence-electron chi connectivity index (χ1n) is 0. The molecule has 0 spiro atoms. The third-order valence-corrected chi connectivity index (χ3v) is 0. The molecule has 0 radical (unpaired) electrons. The molecule has 0 aromatic heterocycles. The van der Waals surface area contributed by atoms with E-state index in [1.54, 1.807) is 0 Å². The molecule has 0 aliphatic heterocycles. The fourth-order valence-corrected chi connectivity index (χ4v) is 0. The predicted octanol–water partition coefficient (Wildman–Crippen LogP) is -12.0. The first-order chi connectivity index (χ1) is 0. The average molecular weight is 117 g/mol. The van der Waals surface area contributed by atoms with E-state index in [0.29, 0.717) is 0 Å². The van der Waals surface area contributed by atoms with E-state index >= 15 is 0 Å². The van der Waals surface area contributed by atoms with Crippen LogP contribution in [0.3, 0.4) is 0 Å². The number of halogens is 2. The van der Waals surface area contributed by atoms with Crippen LogP contribution >= 0.6 is 0 Å². The van der Waals surface area contributed by atoms with Crippen molar-refractivity contribution in [2.24, 2.45) is 0 Å². The van der Waals surface area contributed by atoms with Crippen LogP contribution in [0.2, 0.25) is 0 Å².